The van der Waals surface area contributed by atoms with Gasteiger partial charge in [-0.1, -0.05) is 12.1 Å². The number of aromatic nitrogens is 4. The summed E-state index contributed by atoms with van der Waals surface area (Å²) in [6, 6.07) is 8.23. The van der Waals surface area contributed by atoms with Crippen molar-refractivity contribution in [3.63, 3.8) is 0 Å². The summed E-state index contributed by atoms with van der Waals surface area (Å²) >= 11 is 0. The standard InChI is InChI=1S/C23H20F3N5O3S/c24-23(25,26)20-10-15(9-19(29-20)14-1-2-14)22-28-12-31(30-22)11-18(21(27)32)13-3-5-16(6-4-13)35(33,34)17-7-8-17/h3-6,9-12,14,17H,1-2,7-8H2,(H2,27,32)/b18-11+. The van der Waals surface area contributed by atoms with Gasteiger partial charge in [0.05, 0.1) is 15.7 Å². The molecule has 2 aliphatic rings. The van der Waals surface area contributed by atoms with Crippen LogP contribution in [0.1, 0.15) is 48.6 Å². The van der Waals surface area contributed by atoms with E-state index in [0.717, 1.165) is 18.9 Å². The molecule has 2 fully saturated rings. The maximum Gasteiger partial charge on any atom is 0.433 e. The third-order valence-electron chi connectivity index (χ3n) is 5.88. The Hall–Kier alpha value is -3.54. The second-order valence-corrected chi connectivity index (χ2v) is 10.9. The highest BCUT2D eigenvalue weighted by Crippen LogP contribution is 2.41. The summed E-state index contributed by atoms with van der Waals surface area (Å²) in [6.07, 6.45) is 0.749. The number of hydrogen-bond acceptors (Lipinski definition) is 6. The van der Waals surface area contributed by atoms with Crippen LogP contribution >= 0.6 is 0 Å². The number of amides is 1. The number of benzene rings is 1. The highest BCUT2D eigenvalue weighted by atomic mass is 32.2. The Morgan fingerprint density at radius 1 is 1.09 bits per heavy atom. The largest absolute Gasteiger partial charge is 0.433 e. The predicted molar refractivity (Wildman–Crippen MR) is 120 cm³/mol. The van der Waals surface area contributed by atoms with Gasteiger partial charge < -0.3 is 5.73 Å². The summed E-state index contributed by atoms with van der Waals surface area (Å²) in [5.74, 6) is -0.768. The molecule has 0 bridgehead atoms. The molecular formula is C23H20F3N5O3S. The zero-order valence-corrected chi connectivity index (χ0v) is 19.1. The van der Waals surface area contributed by atoms with Gasteiger partial charge in [-0.25, -0.2) is 23.1 Å². The molecular weight excluding hydrogens is 483 g/mol. The van der Waals surface area contributed by atoms with E-state index < -0.39 is 27.6 Å². The van der Waals surface area contributed by atoms with Crippen LogP contribution in [0, 0.1) is 0 Å². The molecule has 0 atom stereocenters. The van der Waals surface area contributed by atoms with Crippen LogP contribution in [0.5, 0.6) is 0 Å². The van der Waals surface area contributed by atoms with Gasteiger partial charge in [-0.15, -0.1) is 5.10 Å². The van der Waals surface area contributed by atoms with Gasteiger partial charge in [0.1, 0.15) is 12.0 Å². The number of halogens is 3. The number of carbonyl (C=O) groups excluding carboxylic acids is 1. The molecule has 2 heterocycles. The number of rotatable bonds is 7. The fraction of sp³-hybridized carbons (Fsp3) is 0.304. The summed E-state index contributed by atoms with van der Waals surface area (Å²) in [4.78, 5) is 20.1. The minimum atomic E-state index is -4.61. The molecule has 0 unspecified atom stereocenters. The first kappa shape index (κ1) is 23.2. The number of nitrogens with two attached hydrogens (primary N) is 1. The normalized spacial score (nSPS) is 16.9. The van der Waals surface area contributed by atoms with Crippen LogP contribution in [0.3, 0.4) is 0 Å². The summed E-state index contributed by atoms with van der Waals surface area (Å²) in [6.45, 7) is 0. The molecule has 12 heteroatoms. The van der Waals surface area contributed by atoms with Crippen molar-refractivity contribution >= 4 is 27.5 Å². The molecule has 8 nitrogen and oxygen atoms in total. The molecule has 2 N–H and O–H groups in total. The molecule has 3 aromatic rings. The zero-order chi connectivity index (χ0) is 25.0. The van der Waals surface area contributed by atoms with E-state index in [1.54, 1.807) is 6.07 Å². The lowest BCUT2D eigenvalue weighted by atomic mass is 10.1. The summed E-state index contributed by atoms with van der Waals surface area (Å²) in [7, 11) is -3.38. The number of primary amides is 1. The Kier molecular flexibility index (Phi) is 5.50. The lowest BCUT2D eigenvalue weighted by Gasteiger charge is -2.09. The van der Waals surface area contributed by atoms with Gasteiger partial charge in [0.25, 0.3) is 5.91 Å². The maximum absolute atomic E-state index is 13.3. The Bertz CT molecular complexity index is 1440. The van der Waals surface area contributed by atoms with Gasteiger partial charge in [-0.05, 0) is 55.5 Å². The van der Waals surface area contributed by atoms with E-state index in [9.17, 15) is 26.4 Å². The van der Waals surface area contributed by atoms with Crippen LogP contribution in [-0.2, 0) is 20.8 Å². The lowest BCUT2D eigenvalue weighted by Crippen LogP contribution is -2.14. The SMILES string of the molecule is NC(=O)/C(=C/n1cnc(-c2cc(C3CC3)nc(C(F)(F)F)c2)n1)c1ccc(S(=O)(=O)C2CC2)cc1. The van der Waals surface area contributed by atoms with E-state index in [4.69, 9.17) is 5.73 Å². The number of hydrogen-bond donors (Lipinski definition) is 1. The minimum absolute atomic E-state index is 0.00815. The topological polar surface area (TPSA) is 121 Å². The molecule has 1 amide bonds. The molecule has 5 rings (SSSR count). The molecule has 0 spiro atoms. The Balaban J connectivity index is 1.46. The van der Waals surface area contributed by atoms with Crippen molar-refractivity contribution in [3.05, 3.63) is 59.7 Å². The van der Waals surface area contributed by atoms with Crippen molar-refractivity contribution in [1.29, 1.82) is 0 Å². The quantitative estimate of drug-likeness (QED) is 0.492. The van der Waals surface area contributed by atoms with Gasteiger partial charge in [-0.3, -0.25) is 4.79 Å². The number of sulfone groups is 1. The van der Waals surface area contributed by atoms with Crippen LogP contribution in [0.2, 0.25) is 0 Å². The average molecular weight is 504 g/mol. The van der Waals surface area contributed by atoms with Crippen LogP contribution in [0.25, 0.3) is 23.2 Å². The van der Waals surface area contributed by atoms with Crippen LogP contribution in [0.4, 0.5) is 13.2 Å². The van der Waals surface area contributed by atoms with Crippen LogP contribution < -0.4 is 5.73 Å². The van der Waals surface area contributed by atoms with Crippen molar-refractivity contribution in [2.24, 2.45) is 5.73 Å². The third kappa shape index (κ3) is 4.83. The highest BCUT2D eigenvalue weighted by Gasteiger charge is 2.37. The smallest absolute Gasteiger partial charge is 0.366 e. The van der Waals surface area contributed by atoms with E-state index in [1.165, 1.54) is 41.5 Å². The second kappa shape index (κ2) is 8.29. The number of nitrogens with zero attached hydrogens (tertiary/aromatic N) is 4. The third-order valence-corrected chi connectivity index (χ3v) is 8.16. The number of pyridine rings is 1. The van der Waals surface area contributed by atoms with Crippen molar-refractivity contribution in [3.8, 4) is 11.4 Å². The van der Waals surface area contributed by atoms with E-state index in [-0.39, 0.29) is 33.0 Å². The van der Waals surface area contributed by atoms with Crippen LogP contribution in [-0.4, -0.2) is 39.3 Å². The molecule has 2 saturated carbocycles. The fourth-order valence-electron chi connectivity index (χ4n) is 3.69. The molecule has 0 radical (unpaired) electrons. The molecule has 0 aliphatic heterocycles. The maximum atomic E-state index is 13.3. The molecule has 0 saturated heterocycles. The van der Waals surface area contributed by atoms with Gasteiger partial charge in [0.2, 0.25) is 0 Å². The van der Waals surface area contributed by atoms with Crippen LogP contribution in [0.15, 0.2) is 47.6 Å². The lowest BCUT2D eigenvalue weighted by molar-refractivity contribution is -0.141. The molecule has 2 aromatic heterocycles. The van der Waals surface area contributed by atoms with Crippen molar-refractivity contribution in [2.45, 2.75) is 47.9 Å². The Morgan fingerprint density at radius 3 is 2.34 bits per heavy atom. The molecule has 35 heavy (non-hydrogen) atoms. The predicted octanol–water partition coefficient (Wildman–Crippen LogP) is 3.66. The first-order chi connectivity index (χ1) is 16.5. The van der Waals surface area contributed by atoms with Crippen molar-refractivity contribution < 1.29 is 26.4 Å². The first-order valence-electron chi connectivity index (χ1n) is 10.9. The van der Waals surface area contributed by atoms with Gasteiger partial charge in [-0.2, -0.15) is 13.2 Å². The summed E-state index contributed by atoms with van der Waals surface area (Å²) in [5.41, 5.74) is 5.42. The highest BCUT2D eigenvalue weighted by molar-refractivity contribution is 7.92. The first-order valence-corrected chi connectivity index (χ1v) is 12.4. The Morgan fingerprint density at radius 2 is 1.77 bits per heavy atom. The molecule has 1 aromatic carbocycles. The van der Waals surface area contributed by atoms with Gasteiger partial charge in [0.15, 0.2) is 15.7 Å². The Labute approximate surface area is 198 Å². The summed E-state index contributed by atoms with van der Waals surface area (Å²) in [5, 5.41) is 3.83. The van der Waals surface area contributed by atoms with Gasteiger partial charge >= 0.3 is 6.18 Å². The van der Waals surface area contributed by atoms with Crippen molar-refractivity contribution in [1.82, 2.24) is 19.7 Å². The molecule has 2 aliphatic carbocycles. The number of carbonyl (C=O) groups is 1. The van der Waals surface area contributed by atoms with Gasteiger partial charge in [0, 0.05) is 23.4 Å². The van der Waals surface area contributed by atoms with Crippen molar-refractivity contribution in [2.75, 3.05) is 0 Å². The second-order valence-electron chi connectivity index (χ2n) is 8.66. The van der Waals surface area contributed by atoms with E-state index in [2.05, 4.69) is 15.1 Å². The van der Waals surface area contributed by atoms with E-state index >= 15 is 0 Å². The fourth-order valence-corrected chi connectivity index (χ4v) is 5.35. The zero-order valence-electron chi connectivity index (χ0n) is 18.2. The summed E-state index contributed by atoms with van der Waals surface area (Å²) < 4.78 is 66.0. The monoisotopic (exact) mass is 503 g/mol. The minimum Gasteiger partial charge on any atom is -0.366 e. The average Bonchev–Trinajstić information content (AvgIpc) is 3.73. The van der Waals surface area contributed by atoms with E-state index in [1.807, 2.05) is 0 Å². The number of alkyl halides is 3. The molecule has 182 valence electrons. The van der Waals surface area contributed by atoms with E-state index in [0.29, 0.717) is 24.1 Å².